The molecule has 1 aliphatic rings. The maximum absolute atomic E-state index is 12.8. The van der Waals surface area contributed by atoms with Crippen LogP contribution in [-0.2, 0) is 19.6 Å². The molecule has 1 aromatic carbocycles. The molecule has 1 fully saturated rings. The number of ether oxygens (including phenoxy) is 1. The third-order valence-corrected chi connectivity index (χ3v) is 5.81. The first-order valence-electron chi connectivity index (χ1n) is 6.64. The number of hydrogen-bond donors (Lipinski definition) is 0. The predicted molar refractivity (Wildman–Crippen MR) is 79.7 cm³/mol. The molecule has 0 spiro atoms. The molecule has 0 heterocycles. The molecular formula is C14H15ClN2O4S. The number of nitrogens with zero attached hydrogens (tertiary/aromatic N) is 2. The van der Waals surface area contributed by atoms with Crippen LogP contribution in [0.1, 0.15) is 25.3 Å². The van der Waals surface area contributed by atoms with Crippen molar-refractivity contribution < 1.29 is 17.9 Å². The summed E-state index contributed by atoms with van der Waals surface area (Å²) in [6.45, 7) is 1.49. The van der Waals surface area contributed by atoms with Gasteiger partial charge in [-0.25, -0.2) is 8.42 Å². The van der Waals surface area contributed by atoms with Crippen molar-refractivity contribution in [2.45, 2.75) is 36.7 Å². The van der Waals surface area contributed by atoms with E-state index in [-0.39, 0.29) is 21.5 Å². The van der Waals surface area contributed by atoms with Crippen LogP contribution in [-0.4, -0.2) is 37.9 Å². The molecule has 0 unspecified atom stereocenters. The molecule has 0 saturated heterocycles. The molecule has 22 heavy (non-hydrogen) atoms. The summed E-state index contributed by atoms with van der Waals surface area (Å²) in [4.78, 5) is 11.7. The van der Waals surface area contributed by atoms with Crippen LogP contribution in [0.5, 0.6) is 0 Å². The largest absolute Gasteiger partial charge is 0.468 e. The van der Waals surface area contributed by atoms with Crippen molar-refractivity contribution in [2.24, 2.45) is 0 Å². The lowest BCUT2D eigenvalue weighted by Gasteiger charge is -2.26. The smallest absolute Gasteiger partial charge is 0.323 e. The fourth-order valence-corrected chi connectivity index (χ4v) is 4.21. The predicted octanol–water partition coefficient (Wildman–Crippen LogP) is 1.93. The van der Waals surface area contributed by atoms with Crippen LogP contribution in [0, 0.1) is 11.3 Å². The van der Waals surface area contributed by atoms with Crippen molar-refractivity contribution in [3.63, 3.8) is 0 Å². The summed E-state index contributed by atoms with van der Waals surface area (Å²) in [5.74, 6) is -0.620. The highest BCUT2D eigenvalue weighted by Gasteiger charge is 2.44. The molecule has 2 rings (SSSR count). The lowest BCUT2D eigenvalue weighted by molar-refractivity contribution is -0.144. The molecule has 1 aromatic rings. The molecule has 0 aliphatic heterocycles. The maximum Gasteiger partial charge on any atom is 0.323 e. The first-order chi connectivity index (χ1) is 10.3. The Morgan fingerprint density at radius 3 is 2.64 bits per heavy atom. The zero-order valence-corrected chi connectivity index (χ0v) is 13.7. The average Bonchev–Trinajstić information content (AvgIpc) is 3.31. The highest BCUT2D eigenvalue weighted by molar-refractivity contribution is 7.89. The number of halogens is 1. The maximum atomic E-state index is 12.8. The van der Waals surface area contributed by atoms with Crippen LogP contribution in [0.2, 0.25) is 5.02 Å². The Morgan fingerprint density at radius 1 is 1.50 bits per heavy atom. The van der Waals surface area contributed by atoms with Gasteiger partial charge in [0.1, 0.15) is 12.1 Å². The number of sulfonamides is 1. The molecule has 0 radical (unpaired) electrons. The van der Waals surface area contributed by atoms with Gasteiger partial charge >= 0.3 is 5.97 Å². The number of nitriles is 1. The van der Waals surface area contributed by atoms with E-state index in [4.69, 9.17) is 16.9 Å². The minimum atomic E-state index is -3.92. The lowest BCUT2D eigenvalue weighted by atomic mass is 10.2. The van der Waals surface area contributed by atoms with Crippen molar-refractivity contribution in [3.05, 3.63) is 28.8 Å². The first-order valence-corrected chi connectivity index (χ1v) is 8.45. The molecule has 0 N–H and O–H groups in total. The normalized spacial score (nSPS) is 16.1. The number of hydrogen-bond acceptors (Lipinski definition) is 5. The zero-order chi connectivity index (χ0) is 16.5. The molecule has 1 atom stereocenters. The van der Waals surface area contributed by atoms with Crippen LogP contribution in [0.4, 0.5) is 0 Å². The SMILES string of the molecule is COC(=O)[C@H](C)N(C1CC1)S(=O)(=O)c1ccc(Cl)c(C#N)c1. The van der Waals surface area contributed by atoms with E-state index < -0.39 is 22.0 Å². The van der Waals surface area contributed by atoms with E-state index in [1.165, 1.54) is 32.2 Å². The minimum Gasteiger partial charge on any atom is -0.468 e. The van der Waals surface area contributed by atoms with Gasteiger partial charge in [-0.2, -0.15) is 9.57 Å². The second-order valence-electron chi connectivity index (χ2n) is 5.02. The van der Waals surface area contributed by atoms with Gasteiger partial charge in [0.05, 0.1) is 22.6 Å². The monoisotopic (exact) mass is 342 g/mol. The summed E-state index contributed by atoms with van der Waals surface area (Å²) in [5.41, 5.74) is 0.0733. The molecule has 0 amide bonds. The van der Waals surface area contributed by atoms with E-state index in [9.17, 15) is 13.2 Å². The molecule has 0 aromatic heterocycles. The van der Waals surface area contributed by atoms with Crippen LogP contribution < -0.4 is 0 Å². The van der Waals surface area contributed by atoms with E-state index in [0.717, 1.165) is 4.31 Å². The Kier molecular flexibility index (Phi) is 4.75. The van der Waals surface area contributed by atoms with Gasteiger partial charge in [0.25, 0.3) is 0 Å². The van der Waals surface area contributed by atoms with Crippen LogP contribution >= 0.6 is 11.6 Å². The fourth-order valence-electron chi connectivity index (χ4n) is 2.20. The Labute approximate surface area is 134 Å². The van der Waals surface area contributed by atoms with Gasteiger partial charge in [-0.3, -0.25) is 4.79 Å². The second-order valence-corrected chi connectivity index (χ2v) is 7.27. The number of carbonyl (C=O) groups is 1. The van der Waals surface area contributed by atoms with Gasteiger partial charge in [0.2, 0.25) is 10.0 Å². The summed E-state index contributed by atoms with van der Waals surface area (Å²) in [7, 11) is -2.70. The summed E-state index contributed by atoms with van der Waals surface area (Å²) >= 11 is 5.83. The molecule has 6 nitrogen and oxygen atoms in total. The summed E-state index contributed by atoms with van der Waals surface area (Å²) in [6, 6.07) is 4.61. The topological polar surface area (TPSA) is 87.5 Å². The zero-order valence-electron chi connectivity index (χ0n) is 12.1. The van der Waals surface area contributed by atoms with Gasteiger partial charge in [-0.05, 0) is 38.0 Å². The summed E-state index contributed by atoms with van der Waals surface area (Å²) in [5, 5.41) is 9.17. The molecule has 0 bridgehead atoms. The molecular weight excluding hydrogens is 328 g/mol. The van der Waals surface area contributed by atoms with Crippen molar-refractivity contribution >= 4 is 27.6 Å². The Balaban J connectivity index is 2.46. The third-order valence-electron chi connectivity index (χ3n) is 3.46. The van der Waals surface area contributed by atoms with E-state index in [0.29, 0.717) is 12.8 Å². The molecule has 8 heteroatoms. The summed E-state index contributed by atoms with van der Waals surface area (Å²) in [6.07, 6.45) is 1.39. The fraction of sp³-hybridized carbons (Fsp3) is 0.429. The van der Waals surface area contributed by atoms with Crippen LogP contribution in [0.15, 0.2) is 23.1 Å². The standard InChI is InChI=1S/C14H15ClN2O4S/c1-9(14(18)21-2)17(11-3-4-11)22(19,20)12-5-6-13(15)10(7-12)8-16/h5-7,9,11H,3-4H2,1-2H3/t9-/m0/s1. The van der Waals surface area contributed by atoms with Crippen molar-refractivity contribution in [2.75, 3.05) is 7.11 Å². The van der Waals surface area contributed by atoms with E-state index >= 15 is 0 Å². The summed E-state index contributed by atoms with van der Waals surface area (Å²) < 4.78 is 31.4. The van der Waals surface area contributed by atoms with E-state index in [1.54, 1.807) is 0 Å². The van der Waals surface area contributed by atoms with Crippen molar-refractivity contribution in [1.29, 1.82) is 5.26 Å². The minimum absolute atomic E-state index is 0.0592. The Bertz CT molecular complexity index is 738. The van der Waals surface area contributed by atoms with Gasteiger partial charge in [0.15, 0.2) is 0 Å². The highest BCUT2D eigenvalue weighted by Crippen LogP contribution is 2.35. The van der Waals surface area contributed by atoms with Gasteiger partial charge in [-0.1, -0.05) is 11.6 Å². The quantitative estimate of drug-likeness (QED) is 0.763. The molecule has 1 aliphatic carbocycles. The number of rotatable bonds is 5. The lowest BCUT2D eigenvalue weighted by Crippen LogP contribution is -2.45. The number of benzene rings is 1. The molecule has 118 valence electrons. The molecule has 1 saturated carbocycles. The number of methoxy groups -OCH3 is 1. The Morgan fingerprint density at radius 2 is 2.14 bits per heavy atom. The number of carbonyl (C=O) groups excluding carboxylic acids is 1. The van der Waals surface area contributed by atoms with Crippen LogP contribution in [0.25, 0.3) is 0 Å². The van der Waals surface area contributed by atoms with Gasteiger partial charge in [-0.15, -0.1) is 0 Å². The van der Waals surface area contributed by atoms with Gasteiger partial charge < -0.3 is 4.74 Å². The van der Waals surface area contributed by atoms with E-state index in [2.05, 4.69) is 4.74 Å². The Hall–Kier alpha value is -1.62. The second kappa shape index (κ2) is 6.24. The van der Waals surface area contributed by atoms with Crippen LogP contribution in [0.3, 0.4) is 0 Å². The third kappa shape index (κ3) is 3.09. The highest BCUT2D eigenvalue weighted by atomic mass is 35.5. The first kappa shape index (κ1) is 16.7. The van der Waals surface area contributed by atoms with E-state index in [1.807, 2.05) is 6.07 Å². The average molecular weight is 343 g/mol. The number of esters is 1. The van der Waals surface area contributed by atoms with Crippen molar-refractivity contribution in [3.8, 4) is 6.07 Å². The van der Waals surface area contributed by atoms with Crippen molar-refractivity contribution in [1.82, 2.24) is 4.31 Å². The van der Waals surface area contributed by atoms with Gasteiger partial charge in [0, 0.05) is 6.04 Å².